The van der Waals surface area contributed by atoms with Crippen molar-refractivity contribution in [1.82, 2.24) is 25.4 Å². The van der Waals surface area contributed by atoms with Gasteiger partial charge in [0, 0.05) is 24.2 Å². The number of H-pyrrole nitrogens is 1. The number of halogens is 1. The van der Waals surface area contributed by atoms with E-state index in [9.17, 15) is 14.0 Å². The SMILES string of the molecule is CC(C)(C)OC(=O)N(CC1(c2ncccc2F)CCC1)c1ccc(-c2cc(C(=O)O)[nH]n2)nn1. The number of carboxylic acids is 1. The van der Waals surface area contributed by atoms with Gasteiger partial charge in [-0.15, -0.1) is 10.2 Å². The fraction of sp³-hybridized carbons (Fsp3) is 0.391. The van der Waals surface area contributed by atoms with E-state index in [1.165, 1.54) is 23.1 Å². The predicted octanol–water partition coefficient (Wildman–Crippen LogP) is 3.96. The van der Waals surface area contributed by atoms with Crippen LogP contribution in [0.25, 0.3) is 11.4 Å². The summed E-state index contributed by atoms with van der Waals surface area (Å²) in [5.74, 6) is -1.35. The molecule has 0 radical (unpaired) electrons. The molecule has 0 bridgehead atoms. The first kappa shape index (κ1) is 23.3. The number of aromatic nitrogens is 5. The van der Waals surface area contributed by atoms with Crippen molar-refractivity contribution in [2.24, 2.45) is 0 Å². The number of amides is 1. The van der Waals surface area contributed by atoms with Gasteiger partial charge >= 0.3 is 12.1 Å². The number of rotatable bonds is 6. The van der Waals surface area contributed by atoms with Crippen LogP contribution in [0.4, 0.5) is 15.0 Å². The molecular formula is C23H25FN6O4. The molecule has 4 rings (SSSR count). The Bertz CT molecular complexity index is 1200. The number of anilines is 1. The first-order valence-corrected chi connectivity index (χ1v) is 10.8. The molecule has 0 atom stereocenters. The van der Waals surface area contributed by atoms with Crippen molar-refractivity contribution in [3.63, 3.8) is 0 Å². The monoisotopic (exact) mass is 468 g/mol. The van der Waals surface area contributed by atoms with Crippen LogP contribution < -0.4 is 4.90 Å². The maximum atomic E-state index is 14.7. The third-order valence-electron chi connectivity index (χ3n) is 5.64. The van der Waals surface area contributed by atoms with Crippen LogP contribution in [0.3, 0.4) is 0 Å². The van der Waals surface area contributed by atoms with Gasteiger partial charge in [0.25, 0.3) is 0 Å². The standard InChI is InChI=1S/C23H25FN6O4/c1-22(2,3)34-21(33)30(13-23(9-5-10-23)19-14(24)6-4-11-25-19)18-8-7-15(26-29-18)16-12-17(20(31)32)28-27-16/h4,6-8,11-12H,5,9-10,13H2,1-3H3,(H,27,28)(H,31,32). The lowest BCUT2D eigenvalue weighted by Gasteiger charge is -2.44. The second kappa shape index (κ2) is 8.81. The number of carboxylic acid groups (broad SMARTS) is 1. The number of ether oxygens (including phenoxy) is 1. The Hall–Kier alpha value is -3.89. The molecule has 0 unspecified atom stereocenters. The Kier molecular flexibility index (Phi) is 6.03. The van der Waals surface area contributed by atoms with Crippen LogP contribution in [0.2, 0.25) is 0 Å². The van der Waals surface area contributed by atoms with E-state index in [1.807, 2.05) is 0 Å². The molecule has 0 spiro atoms. The third kappa shape index (κ3) is 4.73. The van der Waals surface area contributed by atoms with Gasteiger partial charge in [0.15, 0.2) is 5.82 Å². The fourth-order valence-corrected chi connectivity index (χ4v) is 3.88. The number of aromatic carboxylic acids is 1. The van der Waals surface area contributed by atoms with Crippen molar-refractivity contribution >= 4 is 17.9 Å². The van der Waals surface area contributed by atoms with Crippen molar-refractivity contribution < 1.29 is 23.8 Å². The summed E-state index contributed by atoms with van der Waals surface area (Å²) in [5.41, 5.74) is -0.565. The number of pyridine rings is 1. The molecule has 1 saturated carbocycles. The van der Waals surface area contributed by atoms with E-state index in [2.05, 4.69) is 25.4 Å². The van der Waals surface area contributed by atoms with Crippen LogP contribution in [-0.2, 0) is 10.2 Å². The molecular weight excluding hydrogens is 443 g/mol. The van der Waals surface area contributed by atoms with Crippen LogP contribution >= 0.6 is 0 Å². The third-order valence-corrected chi connectivity index (χ3v) is 5.64. The molecule has 3 aromatic rings. The van der Waals surface area contributed by atoms with Crippen molar-refractivity contribution in [2.75, 3.05) is 11.4 Å². The van der Waals surface area contributed by atoms with E-state index in [0.29, 0.717) is 29.9 Å². The molecule has 10 nitrogen and oxygen atoms in total. The Morgan fingerprint density at radius 1 is 1.21 bits per heavy atom. The number of nitrogens with one attached hydrogen (secondary N) is 1. The lowest BCUT2D eigenvalue weighted by atomic mass is 9.66. The summed E-state index contributed by atoms with van der Waals surface area (Å²) in [5, 5.41) is 23.7. The van der Waals surface area contributed by atoms with E-state index in [1.54, 1.807) is 39.1 Å². The van der Waals surface area contributed by atoms with Crippen LogP contribution in [0.15, 0.2) is 36.5 Å². The highest BCUT2D eigenvalue weighted by Crippen LogP contribution is 2.45. The van der Waals surface area contributed by atoms with E-state index < -0.39 is 28.9 Å². The quantitative estimate of drug-likeness (QED) is 0.555. The molecule has 0 aromatic carbocycles. The first-order chi connectivity index (χ1) is 16.1. The number of carbonyl (C=O) groups is 2. The van der Waals surface area contributed by atoms with Crippen molar-refractivity contribution in [1.29, 1.82) is 0 Å². The largest absolute Gasteiger partial charge is 0.477 e. The molecule has 1 aliphatic rings. The zero-order valence-electron chi connectivity index (χ0n) is 19.1. The normalized spacial score (nSPS) is 14.8. The highest BCUT2D eigenvalue weighted by molar-refractivity contribution is 5.88. The lowest BCUT2D eigenvalue weighted by molar-refractivity contribution is 0.0556. The zero-order valence-corrected chi connectivity index (χ0v) is 19.1. The van der Waals surface area contributed by atoms with Crippen LogP contribution in [0, 0.1) is 5.82 Å². The molecule has 1 amide bonds. The molecule has 3 aromatic heterocycles. The molecule has 0 saturated heterocycles. The smallest absolute Gasteiger partial charge is 0.416 e. The average molecular weight is 468 g/mol. The molecule has 1 aliphatic carbocycles. The molecule has 34 heavy (non-hydrogen) atoms. The Morgan fingerprint density at radius 3 is 2.50 bits per heavy atom. The average Bonchev–Trinajstić information content (AvgIpc) is 3.24. The van der Waals surface area contributed by atoms with Gasteiger partial charge in [-0.2, -0.15) is 5.10 Å². The minimum atomic E-state index is -1.15. The van der Waals surface area contributed by atoms with E-state index in [4.69, 9.17) is 9.84 Å². The molecule has 1 fully saturated rings. The Morgan fingerprint density at radius 2 is 1.97 bits per heavy atom. The zero-order chi connectivity index (χ0) is 24.5. The summed E-state index contributed by atoms with van der Waals surface area (Å²) in [6.45, 7) is 5.39. The van der Waals surface area contributed by atoms with E-state index >= 15 is 0 Å². The van der Waals surface area contributed by atoms with Gasteiger partial charge in [0.2, 0.25) is 0 Å². The maximum absolute atomic E-state index is 14.7. The Labute approximate surface area is 195 Å². The van der Waals surface area contributed by atoms with E-state index in [0.717, 1.165) is 6.42 Å². The minimum Gasteiger partial charge on any atom is -0.477 e. The highest BCUT2D eigenvalue weighted by Gasteiger charge is 2.45. The first-order valence-electron chi connectivity index (χ1n) is 10.8. The summed E-state index contributed by atoms with van der Waals surface area (Å²) < 4.78 is 20.3. The van der Waals surface area contributed by atoms with Gasteiger partial charge in [-0.1, -0.05) is 6.42 Å². The fourth-order valence-electron chi connectivity index (χ4n) is 3.88. The van der Waals surface area contributed by atoms with Crippen LogP contribution in [0.5, 0.6) is 0 Å². The van der Waals surface area contributed by atoms with Crippen molar-refractivity contribution in [3.8, 4) is 11.4 Å². The maximum Gasteiger partial charge on any atom is 0.416 e. The summed E-state index contributed by atoms with van der Waals surface area (Å²) in [4.78, 5) is 29.9. The number of carbonyl (C=O) groups excluding carboxylic acids is 1. The summed E-state index contributed by atoms with van der Waals surface area (Å²) >= 11 is 0. The molecule has 3 heterocycles. The second-order valence-corrected chi connectivity index (χ2v) is 9.28. The molecule has 2 N–H and O–H groups in total. The Balaban J connectivity index is 1.67. The summed E-state index contributed by atoms with van der Waals surface area (Å²) in [7, 11) is 0. The second-order valence-electron chi connectivity index (χ2n) is 9.28. The van der Waals surface area contributed by atoms with E-state index in [-0.39, 0.29) is 18.1 Å². The van der Waals surface area contributed by atoms with Crippen molar-refractivity contribution in [3.05, 3.63) is 53.7 Å². The van der Waals surface area contributed by atoms with Gasteiger partial charge in [-0.25, -0.2) is 14.0 Å². The van der Waals surface area contributed by atoms with Crippen LogP contribution in [-0.4, -0.2) is 54.7 Å². The highest BCUT2D eigenvalue weighted by atomic mass is 19.1. The lowest BCUT2D eigenvalue weighted by Crippen LogP contribution is -2.50. The topological polar surface area (TPSA) is 134 Å². The van der Waals surface area contributed by atoms with Crippen molar-refractivity contribution in [2.45, 2.75) is 51.0 Å². The number of nitrogens with zero attached hydrogens (tertiary/aromatic N) is 5. The van der Waals surface area contributed by atoms with Gasteiger partial charge in [-0.05, 0) is 57.9 Å². The summed E-state index contributed by atoms with van der Waals surface area (Å²) in [6, 6.07) is 7.39. The number of hydrogen-bond donors (Lipinski definition) is 2. The molecule has 0 aliphatic heterocycles. The number of hydrogen-bond acceptors (Lipinski definition) is 7. The van der Waals surface area contributed by atoms with Gasteiger partial charge in [0.05, 0.1) is 5.69 Å². The molecule has 178 valence electrons. The van der Waals surface area contributed by atoms with Crippen LogP contribution in [0.1, 0.15) is 56.2 Å². The summed E-state index contributed by atoms with van der Waals surface area (Å²) in [6.07, 6.45) is 3.12. The minimum absolute atomic E-state index is 0.0828. The number of aromatic amines is 1. The van der Waals surface area contributed by atoms with Gasteiger partial charge in [-0.3, -0.25) is 15.0 Å². The predicted molar refractivity (Wildman–Crippen MR) is 120 cm³/mol. The molecule has 11 heteroatoms. The van der Waals surface area contributed by atoms with Gasteiger partial charge in [0.1, 0.15) is 28.5 Å². The van der Waals surface area contributed by atoms with Gasteiger partial charge < -0.3 is 9.84 Å².